The molecule has 0 spiro atoms. The molecule has 0 radical (unpaired) electrons. The van der Waals surface area contributed by atoms with E-state index in [1.165, 1.54) is 42.5 Å². The number of hydrogen-bond acceptors (Lipinski definition) is 6. The van der Waals surface area contributed by atoms with Gasteiger partial charge in [0.1, 0.15) is 5.75 Å². The summed E-state index contributed by atoms with van der Waals surface area (Å²) in [5.74, 6) is -0.820. The minimum absolute atomic E-state index is 0.0251. The molecular formula is C23H20N2O6. The van der Waals surface area contributed by atoms with Gasteiger partial charge in [-0.1, -0.05) is 24.3 Å². The van der Waals surface area contributed by atoms with Crippen LogP contribution in [-0.2, 0) is 4.79 Å². The molecule has 0 unspecified atom stereocenters. The average Bonchev–Trinajstić information content (AvgIpc) is 2.75. The topological polar surface area (TPSA) is 108 Å². The predicted octanol–water partition coefficient (Wildman–Crippen LogP) is 4.45. The first-order valence-corrected chi connectivity index (χ1v) is 9.39. The van der Waals surface area contributed by atoms with Crippen LogP contribution in [-0.4, -0.2) is 23.4 Å². The predicted molar refractivity (Wildman–Crippen MR) is 115 cm³/mol. The Labute approximate surface area is 178 Å². The number of benzene rings is 3. The van der Waals surface area contributed by atoms with Crippen LogP contribution in [0, 0.1) is 24.0 Å². The van der Waals surface area contributed by atoms with E-state index >= 15 is 0 Å². The zero-order valence-corrected chi connectivity index (χ0v) is 17.0. The fraction of sp³-hybridized carbons (Fsp3) is 0.130. The molecule has 158 valence electrons. The normalized spacial score (nSPS) is 10.3. The Kier molecular flexibility index (Phi) is 6.61. The minimum Gasteiger partial charge on any atom is -0.475 e. The number of amides is 1. The van der Waals surface area contributed by atoms with Gasteiger partial charge in [0.15, 0.2) is 12.4 Å². The van der Waals surface area contributed by atoms with Crippen LogP contribution < -0.4 is 14.8 Å². The molecule has 0 atom stereocenters. The highest BCUT2D eigenvalue weighted by molar-refractivity contribution is 6.04. The molecule has 0 fully saturated rings. The van der Waals surface area contributed by atoms with Crippen molar-refractivity contribution in [2.75, 3.05) is 11.9 Å². The van der Waals surface area contributed by atoms with E-state index in [1.807, 2.05) is 32.0 Å². The fourth-order valence-electron chi connectivity index (χ4n) is 2.77. The molecule has 0 bridgehead atoms. The van der Waals surface area contributed by atoms with E-state index < -0.39 is 17.5 Å². The van der Waals surface area contributed by atoms with E-state index in [9.17, 15) is 19.7 Å². The van der Waals surface area contributed by atoms with Gasteiger partial charge in [-0.3, -0.25) is 14.9 Å². The zero-order chi connectivity index (χ0) is 22.4. The lowest BCUT2D eigenvalue weighted by atomic mass is 10.1. The van der Waals surface area contributed by atoms with E-state index in [1.54, 1.807) is 6.07 Å². The largest absolute Gasteiger partial charge is 0.475 e. The highest BCUT2D eigenvalue weighted by Gasteiger charge is 2.16. The first-order chi connectivity index (χ1) is 14.8. The van der Waals surface area contributed by atoms with E-state index in [0.717, 1.165) is 16.8 Å². The number of para-hydroxylation sites is 2. The molecule has 3 aromatic carbocycles. The van der Waals surface area contributed by atoms with Crippen LogP contribution in [0.1, 0.15) is 21.5 Å². The fourth-order valence-corrected chi connectivity index (χ4v) is 2.77. The van der Waals surface area contributed by atoms with Crippen molar-refractivity contribution >= 4 is 23.3 Å². The van der Waals surface area contributed by atoms with Crippen molar-refractivity contribution in [1.29, 1.82) is 0 Å². The zero-order valence-electron chi connectivity index (χ0n) is 17.0. The Bertz CT molecular complexity index is 1130. The van der Waals surface area contributed by atoms with Gasteiger partial charge in [0.25, 0.3) is 5.91 Å². The third kappa shape index (κ3) is 5.66. The minimum atomic E-state index is -0.731. The van der Waals surface area contributed by atoms with Crippen molar-refractivity contribution in [3.63, 3.8) is 0 Å². The van der Waals surface area contributed by atoms with Gasteiger partial charge < -0.3 is 14.8 Å². The number of aryl methyl sites for hydroxylation is 2. The van der Waals surface area contributed by atoms with Gasteiger partial charge in [-0.2, -0.15) is 0 Å². The number of ether oxygens (including phenoxy) is 2. The smallest absolute Gasteiger partial charge is 0.349 e. The second kappa shape index (κ2) is 9.53. The van der Waals surface area contributed by atoms with Crippen molar-refractivity contribution in [1.82, 2.24) is 0 Å². The summed E-state index contributed by atoms with van der Waals surface area (Å²) in [6.07, 6.45) is 0. The van der Waals surface area contributed by atoms with Gasteiger partial charge in [0.05, 0.1) is 4.92 Å². The van der Waals surface area contributed by atoms with Crippen LogP contribution in [0.4, 0.5) is 11.4 Å². The third-order valence-corrected chi connectivity index (χ3v) is 4.40. The molecule has 0 saturated heterocycles. The summed E-state index contributed by atoms with van der Waals surface area (Å²) in [7, 11) is 0. The number of rotatable bonds is 7. The van der Waals surface area contributed by atoms with Gasteiger partial charge >= 0.3 is 11.7 Å². The quantitative estimate of drug-likeness (QED) is 0.262. The molecule has 31 heavy (non-hydrogen) atoms. The van der Waals surface area contributed by atoms with E-state index in [0.29, 0.717) is 5.56 Å². The molecular weight excluding hydrogens is 400 g/mol. The van der Waals surface area contributed by atoms with Crippen LogP contribution in [0.15, 0.2) is 66.7 Å². The Morgan fingerprint density at radius 2 is 1.71 bits per heavy atom. The number of nitro groups is 1. The lowest BCUT2D eigenvalue weighted by molar-refractivity contribution is -0.385. The summed E-state index contributed by atoms with van der Waals surface area (Å²) in [5.41, 5.74) is 2.87. The lowest BCUT2D eigenvalue weighted by Gasteiger charge is -2.10. The van der Waals surface area contributed by atoms with Crippen molar-refractivity contribution in [2.24, 2.45) is 0 Å². The van der Waals surface area contributed by atoms with Gasteiger partial charge in [-0.25, -0.2) is 4.79 Å². The van der Waals surface area contributed by atoms with Gasteiger partial charge in [-0.05, 0) is 61.4 Å². The number of carbonyl (C=O) groups excluding carboxylic acids is 2. The number of hydrogen-bond donors (Lipinski definition) is 1. The molecule has 8 heteroatoms. The molecule has 1 N–H and O–H groups in total. The monoisotopic (exact) mass is 420 g/mol. The van der Waals surface area contributed by atoms with Gasteiger partial charge in [-0.15, -0.1) is 0 Å². The van der Waals surface area contributed by atoms with Gasteiger partial charge in [0.2, 0.25) is 0 Å². The second-order valence-electron chi connectivity index (χ2n) is 6.78. The average molecular weight is 420 g/mol. The summed E-state index contributed by atoms with van der Waals surface area (Å²) >= 11 is 0. The second-order valence-corrected chi connectivity index (χ2v) is 6.78. The Hall–Kier alpha value is -4.20. The summed E-state index contributed by atoms with van der Waals surface area (Å²) in [4.78, 5) is 34.8. The van der Waals surface area contributed by atoms with E-state index in [-0.39, 0.29) is 23.1 Å². The maximum atomic E-state index is 12.5. The Morgan fingerprint density at radius 1 is 1.00 bits per heavy atom. The Balaban J connectivity index is 1.58. The first kappa shape index (κ1) is 21.5. The molecule has 3 aromatic rings. The molecule has 0 heterocycles. The van der Waals surface area contributed by atoms with E-state index in [4.69, 9.17) is 9.47 Å². The highest BCUT2D eigenvalue weighted by Crippen LogP contribution is 2.25. The summed E-state index contributed by atoms with van der Waals surface area (Å²) in [5, 5.41) is 13.8. The van der Waals surface area contributed by atoms with E-state index in [2.05, 4.69) is 5.32 Å². The first-order valence-electron chi connectivity index (χ1n) is 9.39. The number of esters is 1. The summed E-state index contributed by atoms with van der Waals surface area (Å²) in [6, 6.07) is 17.6. The number of anilines is 1. The molecule has 0 aliphatic rings. The molecule has 8 nitrogen and oxygen atoms in total. The van der Waals surface area contributed by atoms with Crippen LogP contribution >= 0.6 is 0 Å². The third-order valence-electron chi connectivity index (χ3n) is 4.40. The molecule has 3 rings (SSSR count). The number of nitrogens with one attached hydrogen (secondary N) is 1. The number of nitro benzene ring substituents is 1. The standard InChI is InChI=1S/C23H20N2O6/c1-15-7-8-16(2)19(13-15)24-23(27)17-9-11-18(12-10-17)31-22(26)14-30-21-6-4-3-5-20(21)25(28)29/h3-13H,14H2,1-2H3,(H,24,27). The van der Waals surface area contributed by atoms with Crippen molar-refractivity contribution in [3.8, 4) is 11.5 Å². The highest BCUT2D eigenvalue weighted by atomic mass is 16.6. The maximum absolute atomic E-state index is 12.5. The van der Waals surface area contributed by atoms with Crippen molar-refractivity contribution in [2.45, 2.75) is 13.8 Å². The van der Waals surface area contributed by atoms with Gasteiger partial charge in [0, 0.05) is 17.3 Å². The maximum Gasteiger partial charge on any atom is 0.349 e. The van der Waals surface area contributed by atoms with Crippen LogP contribution in [0.25, 0.3) is 0 Å². The molecule has 0 aromatic heterocycles. The van der Waals surface area contributed by atoms with Crippen molar-refractivity contribution in [3.05, 3.63) is 93.5 Å². The Morgan fingerprint density at radius 3 is 2.42 bits per heavy atom. The molecule has 1 amide bonds. The molecule has 0 aliphatic carbocycles. The summed E-state index contributed by atoms with van der Waals surface area (Å²) < 4.78 is 10.4. The van der Waals surface area contributed by atoms with Crippen molar-refractivity contribution < 1.29 is 24.0 Å². The summed E-state index contributed by atoms with van der Waals surface area (Å²) in [6.45, 7) is 3.35. The SMILES string of the molecule is Cc1ccc(C)c(NC(=O)c2ccc(OC(=O)COc3ccccc3[N+](=O)[O-])cc2)c1. The van der Waals surface area contributed by atoms with Crippen LogP contribution in [0.3, 0.4) is 0 Å². The lowest BCUT2D eigenvalue weighted by Crippen LogP contribution is -2.18. The van der Waals surface area contributed by atoms with Crippen LogP contribution in [0.5, 0.6) is 11.5 Å². The van der Waals surface area contributed by atoms with Crippen LogP contribution in [0.2, 0.25) is 0 Å². The number of carbonyl (C=O) groups is 2. The molecule has 0 saturated carbocycles. The number of nitrogens with zero attached hydrogens (tertiary/aromatic N) is 1. The molecule has 0 aliphatic heterocycles.